The van der Waals surface area contributed by atoms with Crippen LogP contribution in [0.1, 0.15) is 11.1 Å². The number of aryl methyl sites for hydroxylation is 1. The molecule has 0 saturated heterocycles. The minimum atomic E-state index is -0.538. The van der Waals surface area contributed by atoms with Crippen LogP contribution in [0.5, 0.6) is 0 Å². The average molecular weight is 246 g/mol. The first-order valence-electron chi connectivity index (χ1n) is 5.56. The molecule has 94 valence electrons. The van der Waals surface area contributed by atoms with Gasteiger partial charge in [-0.15, -0.1) is 0 Å². The summed E-state index contributed by atoms with van der Waals surface area (Å²) in [5.41, 5.74) is 0.647. The molecule has 0 fully saturated rings. The summed E-state index contributed by atoms with van der Waals surface area (Å²) >= 11 is 0. The standard InChI is InChI=1S/C13H14N2O3/c1-14-6-7-15(13(18)12(14)17)8-10-2-4-11(9-16)5-3-10/h2-7,16H,8-9H2,1H3. The molecule has 0 unspecified atom stereocenters. The summed E-state index contributed by atoms with van der Waals surface area (Å²) in [4.78, 5) is 23.2. The summed E-state index contributed by atoms with van der Waals surface area (Å²) in [6.45, 7) is 0.340. The van der Waals surface area contributed by atoms with Crippen LogP contribution < -0.4 is 11.1 Å². The van der Waals surface area contributed by atoms with E-state index in [9.17, 15) is 9.59 Å². The Morgan fingerprint density at radius 1 is 1.00 bits per heavy atom. The summed E-state index contributed by atoms with van der Waals surface area (Å²) in [7, 11) is 1.55. The molecule has 1 N–H and O–H groups in total. The molecule has 0 amide bonds. The maximum Gasteiger partial charge on any atom is 0.316 e. The first-order valence-corrected chi connectivity index (χ1v) is 5.56. The van der Waals surface area contributed by atoms with Crippen LogP contribution in [0.4, 0.5) is 0 Å². The zero-order valence-electron chi connectivity index (χ0n) is 10.0. The van der Waals surface area contributed by atoms with Crippen molar-refractivity contribution >= 4 is 0 Å². The van der Waals surface area contributed by atoms with Crippen LogP contribution in [0.25, 0.3) is 0 Å². The minimum Gasteiger partial charge on any atom is -0.392 e. The lowest BCUT2D eigenvalue weighted by Crippen LogP contribution is -2.39. The second-order valence-corrected chi connectivity index (χ2v) is 4.12. The van der Waals surface area contributed by atoms with Gasteiger partial charge in [-0.3, -0.25) is 9.59 Å². The number of benzene rings is 1. The quantitative estimate of drug-likeness (QED) is 0.780. The molecule has 2 rings (SSSR count). The molecule has 18 heavy (non-hydrogen) atoms. The lowest BCUT2D eigenvalue weighted by molar-refractivity contribution is 0.282. The van der Waals surface area contributed by atoms with Gasteiger partial charge in [0, 0.05) is 19.4 Å². The number of aliphatic hydroxyl groups excluding tert-OH is 1. The van der Waals surface area contributed by atoms with Gasteiger partial charge in [-0.1, -0.05) is 24.3 Å². The highest BCUT2D eigenvalue weighted by atomic mass is 16.3. The normalized spacial score (nSPS) is 10.6. The number of hydrogen-bond donors (Lipinski definition) is 1. The second kappa shape index (κ2) is 5.01. The molecule has 2 aromatic rings. The molecule has 5 heteroatoms. The van der Waals surface area contributed by atoms with E-state index in [0.717, 1.165) is 11.1 Å². The molecule has 0 aliphatic rings. The van der Waals surface area contributed by atoms with E-state index in [1.807, 2.05) is 12.1 Å². The van der Waals surface area contributed by atoms with Crippen LogP contribution in [0.15, 0.2) is 46.2 Å². The highest BCUT2D eigenvalue weighted by Gasteiger charge is 2.03. The molecule has 0 spiro atoms. The summed E-state index contributed by atoms with van der Waals surface area (Å²) in [5, 5.41) is 8.93. The van der Waals surface area contributed by atoms with E-state index >= 15 is 0 Å². The summed E-state index contributed by atoms with van der Waals surface area (Å²) in [5.74, 6) is 0. The Balaban J connectivity index is 2.31. The van der Waals surface area contributed by atoms with Crippen LogP contribution in [0, 0.1) is 0 Å². The molecule has 0 atom stereocenters. The van der Waals surface area contributed by atoms with E-state index in [2.05, 4.69) is 0 Å². The number of nitrogens with zero attached hydrogens (tertiary/aromatic N) is 2. The fourth-order valence-corrected chi connectivity index (χ4v) is 1.66. The molecule has 5 nitrogen and oxygen atoms in total. The molecular formula is C13H14N2O3. The van der Waals surface area contributed by atoms with Crippen LogP contribution in [-0.4, -0.2) is 14.2 Å². The van der Waals surface area contributed by atoms with Gasteiger partial charge in [-0.2, -0.15) is 0 Å². The van der Waals surface area contributed by atoms with Crippen LogP contribution >= 0.6 is 0 Å². The van der Waals surface area contributed by atoms with E-state index in [1.54, 1.807) is 31.6 Å². The van der Waals surface area contributed by atoms with Crippen molar-refractivity contribution in [1.82, 2.24) is 9.13 Å². The van der Waals surface area contributed by atoms with E-state index < -0.39 is 11.1 Å². The summed E-state index contributed by atoms with van der Waals surface area (Å²) < 4.78 is 2.63. The Bertz CT molecular complexity index is 653. The van der Waals surface area contributed by atoms with Crippen molar-refractivity contribution in [2.45, 2.75) is 13.2 Å². The Morgan fingerprint density at radius 3 is 2.22 bits per heavy atom. The zero-order valence-corrected chi connectivity index (χ0v) is 10.0. The highest BCUT2D eigenvalue weighted by Crippen LogP contribution is 2.05. The molecule has 0 saturated carbocycles. The van der Waals surface area contributed by atoms with Gasteiger partial charge in [-0.05, 0) is 11.1 Å². The SMILES string of the molecule is Cn1ccn(Cc2ccc(CO)cc2)c(=O)c1=O. The summed E-state index contributed by atoms with van der Waals surface area (Å²) in [6.07, 6.45) is 3.15. The molecule has 1 aromatic carbocycles. The van der Waals surface area contributed by atoms with Crippen molar-refractivity contribution in [2.24, 2.45) is 7.05 Å². The predicted octanol–water partition coefficient (Wildman–Crippen LogP) is 0.0876. The van der Waals surface area contributed by atoms with Gasteiger partial charge in [0.1, 0.15) is 0 Å². The Kier molecular flexibility index (Phi) is 3.43. The van der Waals surface area contributed by atoms with Gasteiger partial charge in [-0.25, -0.2) is 0 Å². The lowest BCUT2D eigenvalue weighted by atomic mass is 10.1. The predicted molar refractivity (Wildman–Crippen MR) is 67.4 cm³/mol. The lowest BCUT2D eigenvalue weighted by Gasteiger charge is -2.06. The maximum atomic E-state index is 11.7. The smallest absolute Gasteiger partial charge is 0.316 e. The molecule has 1 heterocycles. The molecule has 0 aliphatic heterocycles. The van der Waals surface area contributed by atoms with E-state index in [1.165, 1.54) is 9.13 Å². The molecule has 0 radical (unpaired) electrons. The van der Waals surface area contributed by atoms with Crippen molar-refractivity contribution in [3.63, 3.8) is 0 Å². The van der Waals surface area contributed by atoms with Crippen molar-refractivity contribution in [3.05, 3.63) is 68.5 Å². The van der Waals surface area contributed by atoms with Gasteiger partial charge in [0.05, 0.1) is 13.2 Å². The van der Waals surface area contributed by atoms with Crippen molar-refractivity contribution in [2.75, 3.05) is 0 Å². The monoisotopic (exact) mass is 246 g/mol. The van der Waals surface area contributed by atoms with Gasteiger partial charge in [0.2, 0.25) is 0 Å². The van der Waals surface area contributed by atoms with Crippen LogP contribution in [0.2, 0.25) is 0 Å². The maximum absolute atomic E-state index is 11.7. The second-order valence-electron chi connectivity index (χ2n) is 4.12. The molecule has 0 bridgehead atoms. The third kappa shape index (κ3) is 2.41. The van der Waals surface area contributed by atoms with Crippen LogP contribution in [0.3, 0.4) is 0 Å². The fourth-order valence-electron chi connectivity index (χ4n) is 1.66. The van der Waals surface area contributed by atoms with Crippen molar-refractivity contribution in [1.29, 1.82) is 0 Å². The average Bonchev–Trinajstić information content (AvgIpc) is 2.40. The number of aliphatic hydroxyl groups is 1. The number of rotatable bonds is 3. The van der Waals surface area contributed by atoms with E-state index in [-0.39, 0.29) is 6.61 Å². The molecule has 1 aromatic heterocycles. The number of hydrogen-bond acceptors (Lipinski definition) is 3. The largest absolute Gasteiger partial charge is 0.392 e. The zero-order chi connectivity index (χ0) is 13.1. The first kappa shape index (κ1) is 12.3. The van der Waals surface area contributed by atoms with E-state index in [4.69, 9.17) is 5.11 Å². The third-order valence-electron chi connectivity index (χ3n) is 2.79. The Labute approximate surface area is 104 Å². The Hall–Kier alpha value is -2.14. The van der Waals surface area contributed by atoms with Crippen molar-refractivity contribution in [3.8, 4) is 0 Å². The Morgan fingerprint density at radius 2 is 1.61 bits per heavy atom. The van der Waals surface area contributed by atoms with Crippen LogP contribution in [-0.2, 0) is 20.2 Å². The third-order valence-corrected chi connectivity index (χ3v) is 2.79. The van der Waals surface area contributed by atoms with Gasteiger partial charge in [0.25, 0.3) is 0 Å². The number of aromatic nitrogens is 2. The highest BCUT2D eigenvalue weighted by molar-refractivity contribution is 5.22. The fraction of sp³-hybridized carbons (Fsp3) is 0.231. The van der Waals surface area contributed by atoms with Gasteiger partial charge in [0.15, 0.2) is 0 Å². The minimum absolute atomic E-state index is 0.00783. The topological polar surface area (TPSA) is 64.2 Å². The molecular weight excluding hydrogens is 232 g/mol. The van der Waals surface area contributed by atoms with Gasteiger partial charge < -0.3 is 14.2 Å². The van der Waals surface area contributed by atoms with Crippen molar-refractivity contribution < 1.29 is 5.11 Å². The summed E-state index contributed by atoms with van der Waals surface area (Å²) in [6, 6.07) is 7.24. The molecule has 0 aliphatic carbocycles. The van der Waals surface area contributed by atoms with E-state index in [0.29, 0.717) is 6.54 Å². The first-order chi connectivity index (χ1) is 8.61. The van der Waals surface area contributed by atoms with Gasteiger partial charge >= 0.3 is 11.1 Å².